The first-order valence-corrected chi connectivity index (χ1v) is 9.45. The molecule has 7 nitrogen and oxygen atoms in total. The Morgan fingerprint density at radius 2 is 1.69 bits per heavy atom. The Bertz CT molecular complexity index is 1150. The Kier molecular flexibility index (Phi) is 6.84. The number of alkyl halides is 3. The van der Waals surface area contributed by atoms with Gasteiger partial charge in [0.1, 0.15) is 23.0 Å². The van der Waals surface area contributed by atoms with Gasteiger partial charge in [0, 0.05) is 30.7 Å². The van der Waals surface area contributed by atoms with E-state index in [1.54, 1.807) is 43.4 Å². The molecule has 0 spiro atoms. The van der Waals surface area contributed by atoms with Crippen LogP contribution in [0.2, 0.25) is 5.02 Å². The van der Waals surface area contributed by atoms with E-state index in [0.29, 0.717) is 22.9 Å². The van der Waals surface area contributed by atoms with Gasteiger partial charge in [0.2, 0.25) is 0 Å². The van der Waals surface area contributed by atoms with Gasteiger partial charge in [-0.3, -0.25) is 9.98 Å². The van der Waals surface area contributed by atoms with E-state index in [1.165, 1.54) is 12.3 Å². The molecule has 166 valence electrons. The Hall–Kier alpha value is -3.79. The van der Waals surface area contributed by atoms with Gasteiger partial charge in [-0.1, -0.05) is 11.6 Å². The average molecular weight is 464 g/mol. The van der Waals surface area contributed by atoms with E-state index in [0.717, 1.165) is 12.1 Å². The standard InChI is InChI=1S/C21H17ClF3N5O2/c1-27-19(26)18-11-15(8-9-28-18)32-14-5-2-12(3-6-14)29-20(31)30-13-4-7-17(22)16(10-13)21(23,24)25/h2-11H,1H3,(H2,26,27)(H2,29,30,31). The predicted octanol–water partition coefficient (Wildman–Crippen LogP) is 5.53. The topological polar surface area (TPSA) is 102 Å². The zero-order valence-corrected chi connectivity index (χ0v) is 17.3. The van der Waals surface area contributed by atoms with E-state index >= 15 is 0 Å². The van der Waals surface area contributed by atoms with Crippen LogP contribution in [0.15, 0.2) is 65.8 Å². The van der Waals surface area contributed by atoms with Gasteiger partial charge >= 0.3 is 12.2 Å². The maximum absolute atomic E-state index is 12.9. The summed E-state index contributed by atoms with van der Waals surface area (Å²) in [5.74, 6) is 1.24. The number of benzene rings is 2. The zero-order valence-electron chi connectivity index (χ0n) is 16.6. The number of rotatable bonds is 5. The fourth-order valence-electron chi connectivity index (χ4n) is 2.59. The first-order chi connectivity index (χ1) is 15.2. The summed E-state index contributed by atoms with van der Waals surface area (Å²) in [4.78, 5) is 20.1. The van der Waals surface area contributed by atoms with Crippen LogP contribution in [0.1, 0.15) is 11.3 Å². The number of nitrogens with one attached hydrogen (secondary N) is 2. The van der Waals surface area contributed by atoms with Gasteiger partial charge in [-0.25, -0.2) is 4.79 Å². The van der Waals surface area contributed by atoms with Crippen molar-refractivity contribution >= 4 is 34.8 Å². The molecule has 0 unspecified atom stereocenters. The van der Waals surface area contributed by atoms with Crippen LogP contribution in [-0.4, -0.2) is 23.9 Å². The van der Waals surface area contributed by atoms with Crippen LogP contribution in [0.25, 0.3) is 0 Å². The molecule has 0 aliphatic rings. The van der Waals surface area contributed by atoms with Gasteiger partial charge in [-0.05, 0) is 48.5 Å². The number of anilines is 2. The third-order valence-electron chi connectivity index (χ3n) is 4.11. The summed E-state index contributed by atoms with van der Waals surface area (Å²) < 4.78 is 44.6. The molecule has 3 rings (SSSR count). The molecular formula is C21H17ClF3N5O2. The lowest BCUT2D eigenvalue weighted by Gasteiger charge is -2.12. The number of aromatic nitrogens is 1. The molecule has 32 heavy (non-hydrogen) atoms. The van der Waals surface area contributed by atoms with Crippen molar-refractivity contribution in [2.24, 2.45) is 10.7 Å². The van der Waals surface area contributed by atoms with Crippen molar-refractivity contribution in [3.05, 3.63) is 77.1 Å². The number of pyridine rings is 1. The Morgan fingerprint density at radius 3 is 2.34 bits per heavy atom. The van der Waals surface area contributed by atoms with Gasteiger partial charge in [-0.15, -0.1) is 0 Å². The van der Waals surface area contributed by atoms with Crippen LogP contribution in [0, 0.1) is 0 Å². The second-order valence-corrected chi connectivity index (χ2v) is 6.79. The number of hydrogen-bond acceptors (Lipinski definition) is 4. The lowest BCUT2D eigenvalue weighted by molar-refractivity contribution is -0.137. The summed E-state index contributed by atoms with van der Waals surface area (Å²) in [5.41, 5.74) is 5.52. The molecule has 3 aromatic rings. The summed E-state index contributed by atoms with van der Waals surface area (Å²) in [6, 6.07) is 12.0. The van der Waals surface area contributed by atoms with Crippen LogP contribution in [0.3, 0.4) is 0 Å². The van der Waals surface area contributed by atoms with Crippen molar-refractivity contribution in [3.63, 3.8) is 0 Å². The number of nitrogens with zero attached hydrogens (tertiary/aromatic N) is 2. The van der Waals surface area contributed by atoms with E-state index < -0.39 is 22.8 Å². The second-order valence-electron chi connectivity index (χ2n) is 6.38. The normalized spacial score (nSPS) is 11.7. The molecule has 4 N–H and O–H groups in total. The Morgan fingerprint density at radius 1 is 1.03 bits per heavy atom. The number of carbonyl (C=O) groups excluding carboxylic acids is 1. The molecule has 1 heterocycles. The smallest absolute Gasteiger partial charge is 0.417 e. The molecule has 0 radical (unpaired) electrons. The monoisotopic (exact) mass is 463 g/mol. The summed E-state index contributed by atoms with van der Waals surface area (Å²) in [6.45, 7) is 0. The number of aliphatic imine (C=N–C) groups is 1. The summed E-state index contributed by atoms with van der Waals surface area (Å²) in [5, 5.41) is 4.41. The van der Waals surface area contributed by atoms with Crippen molar-refractivity contribution in [3.8, 4) is 11.5 Å². The minimum Gasteiger partial charge on any atom is -0.457 e. The predicted molar refractivity (Wildman–Crippen MR) is 116 cm³/mol. The number of ether oxygens (including phenoxy) is 1. The average Bonchev–Trinajstić information content (AvgIpc) is 2.75. The van der Waals surface area contributed by atoms with Crippen LogP contribution < -0.4 is 21.1 Å². The molecule has 11 heteroatoms. The van der Waals surface area contributed by atoms with E-state index in [9.17, 15) is 18.0 Å². The number of amides is 2. The molecule has 2 amide bonds. The number of carbonyl (C=O) groups is 1. The highest BCUT2D eigenvalue weighted by molar-refractivity contribution is 6.31. The Balaban J connectivity index is 1.63. The second kappa shape index (κ2) is 9.56. The fourth-order valence-corrected chi connectivity index (χ4v) is 2.81. The minimum atomic E-state index is -4.63. The number of hydrogen-bond donors (Lipinski definition) is 3. The molecule has 0 saturated carbocycles. The molecule has 0 saturated heterocycles. The molecule has 0 aliphatic heterocycles. The first-order valence-electron chi connectivity index (χ1n) is 9.07. The molecule has 0 atom stereocenters. The SMILES string of the molecule is CN=C(N)c1cc(Oc2ccc(NC(=O)Nc3ccc(Cl)c(C(F)(F)F)c3)cc2)ccn1. The van der Waals surface area contributed by atoms with Gasteiger partial charge in [0.25, 0.3) is 0 Å². The minimum absolute atomic E-state index is 0.0532. The van der Waals surface area contributed by atoms with Crippen LogP contribution >= 0.6 is 11.6 Å². The lowest BCUT2D eigenvalue weighted by Crippen LogP contribution is -2.19. The van der Waals surface area contributed by atoms with E-state index in [4.69, 9.17) is 22.1 Å². The van der Waals surface area contributed by atoms with E-state index in [-0.39, 0.29) is 11.5 Å². The lowest BCUT2D eigenvalue weighted by atomic mass is 10.2. The largest absolute Gasteiger partial charge is 0.457 e. The first kappa shape index (κ1) is 22.9. The maximum atomic E-state index is 12.9. The molecule has 2 aromatic carbocycles. The zero-order chi connectivity index (χ0) is 23.3. The van der Waals surface area contributed by atoms with Crippen LogP contribution in [0.4, 0.5) is 29.3 Å². The van der Waals surface area contributed by atoms with Gasteiger partial charge in [-0.2, -0.15) is 13.2 Å². The maximum Gasteiger partial charge on any atom is 0.417 e. The molecule has 0 aliphatic carbocycles. The van der Waals surface area contributed by atoms with Crippen molar-refractivity contribution in [2.75, 3.05) is 17.7 Å². The number of urea groups is 1. The number of halogens is 4. The van der Waals surface area contributed by atoms with Gasteiger partial charge < -0.3 is 21.1 Å². The van der Waals surface area contributed by atoms with Crippen LogP contribution in [-0.2, 0) is 6.18 Å². The van der Waals surface area contributed by atoms with Crippen LogP contribution in [0.5, 0.6) is 11.5 Å². The molecule has 0 bridgehead atoms. The molecular weight excluding hydrogens is 447 g/mol. The summed E-state index contributed by atoms with van der Waals surface area (Å²) >= 11 is 5.58. The summed E-state index contributed by atoms with van der Waals surface area (Å²) in [6.07, 6.45) is -3.10. The van der Waals surface area contributed by atoms with E-state index in [1.807, 2.05) is 0 Å². The third kappa shape index (κ3) is 5.88. The fraction of sp³-hybridized carbons (Fsp3) is 0.0952. The Labute approximate surface area is 186 Å². The highest BCUT2D eigenvalue weighted by Gasteiger charge is 2.33. The van der Waals surface area contributed by atoms with Gasteiger partial charge in [0.15, 0.2) is 0 Å². The highest BCUT2D eigenvalue weighted by Crippen LogP contribution is 2.36. The van der Waals surface area contributed by atoms with E-state index in [2.05, 4.69) is 20.6 Å². The highest BCUT2D eigenvalue weighted by atomic mass is 35.5. The van der Waals surface area contributed by atoms with Crippen molar-refractivity contribution < 1.29 is 22.7 Å². The molecule has 0 fully saturated rings. The molecule has 1 aromatic heterocycles. The van der Waals surface area contributed by atoms with Gasteiger partial charge in [0.05, 0.1) is 10.6 Å². The van der Waals surface area contributed by atoms with Crippen molar-refractivity contribution in [2.45, 2.75) is 6.18 Å². The quantitative estimate of drug-likeness (QED) is 0.342. The van der Waals surface area contributed by atoms with Crippen molar-refractivity contribution in [1.82, 2.24) is 4.98 Å². The third-order valence-corrected chi connectivity index (χ3v) is 4.44. The number of amidine groups is 1. The number of nitrogens with two attached hydrogens (primary N) is 1. The van der Waals surface area contributed by atoms with Crippen molar-refractivity contribution in [1.29, 1.82) is 0 Å². The summed E-state index contributed by atoms with van der Waals surface area (Å²) in [7, 11) is 1.55.